The summed E-state index contributed by atoms with van der Waals surface area (Å²) in [5.41, 5.74) is 2.00. The molecule has 3 aromatic carbocycles. The van der Waals surface area contributed by atoms with Crippen LogP contribution in [0.15, 0.2) is 65.6 Å². The van der Waals surface area contributed by atoms with Crippen LogP contribution in [0, 0.1) is 5.82 Å². The number of hydrogen-bond donors (Lipinski definition) is 1. The van der Waals surface area contributed by atoms with E-state index in [0.717, 1.165) is 5.69 Å². The summed E-state index contributed by atoms with van der Waals surface area (Å²) in [6, 6.07) is 16.7. The van der Waals surface area contributed by atoms with Gasteiger partial charge in [-0.05, 0) is 35.9 Å². The van der Waals surface area contributed by atoms with Crippen molar-refractivity contribution in [3.63, 3.8) is 0 Å². The van der Waals surface area contributed by atoms with Gasteiger partial charge in [-0.1, -0.05) is 35.0 Å². The fourth-order valence-electron chi connectivity index (χ4n) is 4.16. The second kappa shape index (κ2) is 8.27. The monoisotopic (exact) mass is 468 g/mol. The number of hydrogen-bond acceptors (Lipinski definition) is 6. The number of para-hydroxylation sites is 1. The molecule has 9 heteroatoms. The number of aldehydes is 1. The second-order valence-electron chi connectivity index (χ2n) is 7.69. The van der Waals surface area contributed by atoms with E-state index in [4.69, 9.17) is 8.37 Å². The molecule has 2 aliphatic heterocycles. The third-order valence-corrected chi connectivity index (χ3v) is 8.58. The molecule has 5 rings (SSSR count). The number of aromatic carboxylic acids is 1. The van der Waals surface area contributed by atoms with Crippen molar-refractivity contribution in [1.29, 1.82) is 0 Å². The molecule has 0 unspecified atom stereocenters. The van der Waals surface area contributed by atoms with Gasteiger partial charge in [-0.15, -0.1) is 0 Å². The van der Waals surface area contributed by atoms with Crippen LogP contribution in [0.5, 0.6) is 0 Å². The molecule has 7 nitrogen and oxygen atoms in total. The molecule has 3 aromatic rings. The third kappa shape index (κ3) is 3.50. The number of rotatable bonds is 4. The van der Waals surface area contributed by atoms with Gasteiger partial charge in [0.15, 0.2) is 13.1 Å². The van der Waals surface area contributed by atoms with Crippen molar-refractivity contribution in [3.8, 4) is 11.1 Å². The van der Waals surface area contributed by atoms with Crippen LogP contribution in [-0.2, 0) is 8.37 Å². The molecule has 1 spiro atoms. The van der Waals surface area contributed by atoms with Gasteiger partial charge in [0.1, 0.15) is 10.7 Å². The molecule has 170 valence electrons. The van der Waals surface area contributed by atoms with Crippen molar-refractivity contribution < 1.29 is 27.5 Å². The highest BCUT2D eigenvalue weighted by Gasteiger charge is 2.43. The lowest BCUT2D eigenvalue weighted by Crippen LogP contribution is -2.36. The number of nitrogens with zero attached hydrogens (tertiary/aromatic N) is 2. The van der Waals surface area contributed by atoms with Crippen LogP contribution >= 0.6 is 10.8 Å². The smallest absolute Gasteiger partial charge is 0.335 e. The van der Waals surface area contributed by atoms with Crippen molar-refractivity contribution >= 4 is 34.4 Å². The lowest BCUT2D eigenvalue weighted by atomic mass is 9.97. The Labute approximate surface area is 191 Å². The maximum atomic E-state index is 15.6. The maximum Gasteiger partial charge on any atom is 0.335 e. The zero-order valence-electron chi connectivity index (χ0n) is 17.7. The van der Waals surface area contributed by atoms with Gasteiger partial charge in [0.25, 0.3) is 0 Å². The molecule has 1 N–H and O–H groups in total. The largest absolute Gasteiger partial charge is 0.478 e. The SMILES string of the molecule is CN1CCN(c2ccccc2)c2cc(F)c(-c3cc(C(=O)O)ccc3C=O)cc2S12OCO2. The molecule has 0 radical (unpaired) electrons. The highest BCUT2D eigenvalue weighted by atomic mass is 32.3. The molecular weight excluding hydrogens is 447 g/mol. The summed E-state index contributed by atoms with van der Waals surface area (Å²) in [5.74, 6) is -1.73. The number of carboxylic acid groups (broad SMARTS) is 1. The molecule has 0 saturated carbocycles. The average molecular weight is 469 g/mol. The van der Waals surface area contributed by atoms with Crippen LogP contribution in [0.2, 0.25) is 0 Å². The molecule has 0 bridgehead atoms. The summed E-state index contributed by atoms with van der Waals surface area (Å²) in [7, 11) is -0.385. The Morgan fingerprint density at radius 1 is 1.06 bits per heavy atom. The first-order valence-electron chi connectivity index (χ1n) is 10.3. The first-order chi connectivity index (χ1) is 15.9. The predicted octanol–water partition coefficient (Wildman–Crippen LogP) is 5.00. The van der Waals surface area contributed by atoms with Crippen LogP contribution in [0.25, 0.3) is 11.1 Å². The average Bonchev–Trinajstić information content (AvgIpc) is 2.92. The highest BCUT2D eigenvalue weighted by molar-refractivity contribution is 8.24. The van der Waals surface area contributed by atoms with Crippen molar-refractivity contribution in [3.05, 3.63) is 77.6 Å². The van der Waals surface area contributed by atoms with E-state index in [1.54, 1.807) is 6.07 Å². The lowest BCUT2D eigenvalue weighted by molar-refractivity contribution is 0.0271. The van der Waals surface area contributed by atoms with E-state index in [9.17, 15) is 14.7 Å². The number of likely N-dealkylation sites (N-methyl/N-ethyl adjacent to an activating group) is 1. The predicted molar refractivity (Wildman–Crippen MR) is 123 cm³/mol. The van der Waals surface area contributed by atoms with Crippen LogP contribution in [0.1, 0.15) is 20.7 Å². The minimum absolute atomic E-state index is 0.0359. The van der Waals surface area contributed by atoms with Crippen molar-refractivity contribution in [2.45, 2.75) is 4.90 Å². The number of anilines is 2. The van der Waals surface area contributed by atoms with Gasteiger partial charge in [0, 0.05) is 43.0 Å². The molecule has 2 heterocycles. The Balaban J connectivity index is 1.76. The molecule has 1 saturated heterocycles. The third-order valence-electron chi connectivity index (χ3n) is 5.87. The molecule has 0 amide bonds. The van der Waals surface area contributed by atoms with Gasteiger partial charge in [-0.25, -0.2) is 21.9 Å². The van der Waals surface area contributed by atoms with Crippen molar-refractivity contribution in [2.24, 2.45) is 0 Å². The molecule has 0 atom stereocenters. The first-order valence-corrected chi connectivity index (χ1v) is 11.7. The summed E-state index contributed by atoms with van der Waals surface area (Å²) in [6.45, 7) is 1.33. The van der Waals surface area contributed by atoms with Crippen LogP contribution in [-0.4, -0.2) is 48.6 Å². The zero-order valence-corrected chi connectivity index (χ0v) is 18.5. The van der Waals surface area contributed by atoms with Crippen molar-refractivity contribution in [1.82, 2.24) is 4.31 Å². The highest BCUT2D eigenvalue weighted by Crippen LogP contribution is 2.69. The Bertz CT molecular complexity index is 1250. The van der Waals surface area contributed by atoms with E-state index in [-0.39, 0.29) is 29.0 Å². The van der Waals surface area contributed by atoms with Gasteiger partial charge in [-0.2, -0.15) is 0 Å². The molecule has 1 fully saturated rings. The summed E-state index contributed by atoms with van der Waals surface area (Å²) in [6.07, 6.45) is 0.591. The summed E-state index contributed by atoms with van der Waals surface area (Å²) in [5, 5.41) is 9.41. The number of carboxylic acids is 1. The minimum Gasteiger partial charge on any atom is -0.478 e. The Kier molecular flexibility index (Phi) is 5.41. The van der Waals surface area contributed by atoms with E-state index < -0.39 is 22.6 Å². The Hall–Kier alpha value is -3.24. The second-order valence-corrected chi connectivity index (χ2v) is 10.2. The maximum absolute atomic E-state index is 15.6. The van der Waals surface area contributed by atoms with E-state index in [2.05, 4.69) is 0 Å². The Morgan fingerprint density at radius 3 is 2.45 bits per heavy atom. The molecule has 2 aliphatic rings. The van der Waals surface area contributed by atoms with E-state index in [1.807, 2.05) is 46.6 Å². The zero-order chi connectivity index (χ0) is 23.2. The van der Waals surface area contributed by atoms with Gasteiger partial charge in [-0.3, -0.25) is 4.79 Å². The molecule has 0 aliphatic carbocycles. The molecule has 0 aromatic heterocycles. The number of halogens is 1. The Morgan fingerprint density at radius 2 is 1.82 bits per heavy atom. The number of fused-ring (bicyclic) bond motifs is 2. The fourth-order valence-corrected chi connectivity index (χ4v) is 6.41. The van der Waals surface area contributed by atoms with Crippen LogP contribution in [0.4, 0.5) is 15.8 Å². The normalized spacial score (nSPS) is 18.2. The number of carbonyl (C=O) groups excluding carboxylic acids is 1. The number of carbonyl (C=O) groups is 2. The minimum atomic E-state index is -2.29. The molecular formula is C24H21FN2O5S. The van der Waals surface area contributed by atoms with E-state index in [1.165, 1.54) is 24.3 Å². The standard InChI is InChI=1S/C24H21FN2O5S/c1-26-9-10-27(18-5-3-2-4-6-18)22-13-21(25)20(12-23(22)33(26)31-15-32-33)19-11-16(24(29)30)7-8-17(19)14-28/h2-8,11-14H,9-10,15H2,1H3,(H,29,30). The quantitative estimate of drug-likeness (QED) is 0.540. The van der Waals surface area contributed by atoms with Crippen molar-refractivity contribution in [2.75, 3.05) is 31.8 Å². The van der Waals surface area contributed by atoms with E-state index in [0.29, 0.717) is 30.0 Å². The van der Waals surface area contributed by atoms with Gasteiger partial charge >= 0.3 is 5.97 Å². The molecule has 33 heavy (non-hydrogen) atoms. The summed E-state index contributed by atoms with van der Waals surface area (Å²) >= 11 is 0. The van der Waals surface area contributed by atoms with Gasteiger partial charge in [0.05, 0.1) is 11.3 Å². The summed E-state index contributed by atoms with van der Waals surface area (Å²) < 4.78 is 29.6. The lowest BCUT2D eigenvalue weighted by Gasteiger charge is -2.54. The van der Waals surface area contributed by atoms with Gasteiger partial charge < -0.3 is 10.0 Å². The fraction of sp³-hybridized carbons (Fsp3) is 0.167. The van der Waals surface area contributed by atoms with Crippen LogP contribution in [0.3, 0.4) is 0 Å². The van der Waals surface area contributed by atoms with Gasteiger partial charge in [0.2, 0.25) is 0 Å². The first kappa shape index (κ1) is 21.6. The van der Waals surface area contributed by atoms with Crippen LogP contribution < -0.4 is 4.90 Å². The van der Waals surface area contributed by atoms with E-state index >= 15 is 4.39 Å². The topological polar surface area (TPSA) is 79.3 Å². The summed E-state index contributed by atoms with van der Waals surface area (Å²) in [4.78, 5) is 25.9. The number of benzene rings is 3.